The van der Waals surface area contributed by atoms with Gasteiger partial charge in [0.1, 0.15) is 5.54 Å². The number of rotatable bonds is 5. The van der Waals surface area contributed by atoms with Gasteiger partial charge in [-0.15, -0.1) is 0 Å². The van der Waals surface area contributed by atoms with Gasteiger partial charge in [0, 0.05) is 0 Å². The third-order valence-electron chi connectivity index (χ3n) is 2.76. The lowest BCUT2D eigenvalue weighted by Gasteiger charge is -2.31. The van der Waals surface area contributed by atoms with Crippen LogP contribution in [-0.2, 0) is 9.53 Å². The van der Waals surface area contributed by atoms with Crippen molar-refractivity contribution in [1.29, 1.82) is 0 Å². The molecule has 1 amide bonds. The number of amides is 1. The molecule has 1 aliphatic carbocycles. The molecule has 0 saturated heterocycles. The molecule has 1 aliphatic rings. The van der Waals surface area contributed by atoms with Crippen LogP contribution in [-0.4, -0.2) is 31.2 Å². The van der Waals surface area contributed by atoms with E-state index in [9.17, 15) is 4.79 Å². The molecule has 3 N–H and O–H groups in total. The Labute approximate surface area is 78.8 Å². The average molecular weight is 186 g/mol. The molecule has 13 heavy (non-hydrogen) atoms. The van der Waals surface area contributed by atoms with Gasteiger partial charge in [0.15, 0.2) is 0 Å². The zero-order chi connectivity index (χ0) is 9.90. The zero-order valence-electron chi connectivity index (χ0n) is 8.30. The van der Waals surface area contributed by atoms with Gasteiger partial charge >= 0.3 is 0 Å². The molecule has 1 atom stereocenters. The Morgan fingerprint density at radius 3 is 2.62 bits per heavy atom. The van der Waals surface area contributed by atoms with Crippen molar-refractivity contribution in [2.75, 3.05) is 13.7 Å². The van der Waals surface area contributed by atoms with Crippen molar-refractivity contribution in [2.45, 2.75) is 37.8 Å². The van der Waals surface area contributed by atoms with Crippen LogP contribution in [0.4, 0.5) is 0 Å². The fraction of sp³-hybridized carbons (Fsp3) is 0.889. The van der Waals surface area contributed by atoms with Crippen LogP contribution in [0.5, 0.6) is 0 Å². The van der Waals surface area contributed by atoms with Crippen molar-refractivity contribution in [3.8, 4) is 0 Å². The third kappa shape index (κ3) is 2.42. The molecule has 0 bridgehead atoms. The van der Waals surface area contributed by atoms with E-state index >= 15 is 0 Å². The first-order valence-corrected chi connectivity index (χ1v) is 4.69. The standard InChI is InChI=1S/C9H18N2O2/c1-9(11-2,8(10)12)6-13-7-4-3-5-7/h7,11H,3-6H2,1-2H3,(H2,10,12). The zero-order valence-corrected chi connectivity index (χ0v) is 8.30. The molecule has 1 saturated carbocycles. The Kier molecular flexibility index (Phi) is 3.27. The Balaban J connectivity index is 2.33. The minimum Gasteiger partial charge on any atom is -0.376 e. The van der Waals surface area contributed by atoms with Crippen LogP contribution < -0.4 is 11.1 Å². The van der Waals surface area contributed by atoms with Gasteiger partial charge in [0.05, 0.1) is 12.7 Å². The molecule has 0 heterocycles. The number of nitrogens with one attached hydrogen (secondary N) is 1. The maximum absolute atomic E-state index is 11.1. The Bertz CT molecular complexity index is 192. The second-order valence-corrected chi connectivity index (χ2v) is 3.81. The van der Waals surface area contributed by atoms with Crippen molar-refractivity contribution < 1.29 is 9.53 Å². The summed E-state index contributed by atoms with van der Waals surface area (Å²) in [6.07, 6.45) is 3.79. The van der Waals surface area contributed by atoms with E-state index in [1.807, 2.05) is 0 Å². The number of hydrogen-bond donors (Lipinski definition) is 2. The largest absolute Gasteiger partial charge is 0.376 e. The third-order valence-corrected chi connectivity index (χ3v) is 2.76. The summed E-state index contributed by atoms with van der Waals surface area (Å²) in [6.45, 7) is 2.12. The van der Waals surface area contributed by atoms with E-state index < -0.39 is 5.54 Å². The first-order valence-electron chi connectivity index (χ1n) is 4.69. The summed E-state index contributed by atoms with van der Waals surface area (Å²) in [5, 5.41) is 2.88. The first-order chi connectivity index (χ1) is 6.08. The quantitative estimate of drug-likeness (QED) is 0.636. The summed E-state index contributed by atoms with van der Waals surface area (Å²) in [7, 11) is 1.72. The lowest BCUT2D eigenvalue weighted by atomic mass is 9.95. The van der Waals surface area contributed by atoms with Crippen LogP contribution in [0.2, 0.25) is 0 Å². The maximum Gasteiger partial charge on any atom is 0.239 e. The van der Waals surface area contributed by atoms with Gasteiger partial charge in [-0.1, -0.05) is 0 Å². The van der Waals surface area contributed by atoms with Crippen LogP contribution in [0, 0.1) is 0 Å². The van der Waals surface area contributed by atoms with E-state index in [0.29, 0.717) is 12.7 Å². The minimum absolute atomic E-state index is 0.340. The molecule has 0 aromatic heterocycles. The Hall–Kier alpha value is -0.610. The fourth-order valence-corrected chi connectivity index (χ4v) is 1.09. The molecular formula is C9H18N2O2. The lowest BCUT2D eigenvalue weighted by molar-refractivity contribution is -0.128. The van der Waals surface area contributed by atoms with E-state index in [1.54, 1.807) is 14.0 Å². The highest BCUT2D eigenvalue weighted by Gasteiger charge is 2.31. The van der Waals surface area contributed by atoms with E-state index in [-0.39, 0.29) is 5.91 Å². The van der Waals surface area contributed by atoms with Crippen molar-refractivity contribution in [3.63, 3.8) is 0 Å². The molecule has 4 heteroatoms. The summed E-state index contributed by atoms with van der Waals surface area (Å²) < 4.78 is 5.53. The molecule has 1 fully saturated rings. The number of carbonyl (C=O) groups is 1. The van der Waals surface area contributed by atoms with Crippen LogP contribution in [0.1, 0.15) is 26.2 Å². The number of nitrogens with two attached hydrogens (primary N) is 1. The van der Waals surface area contributed by atoms with Gasteiger partial charge in [0.2, 0.25) is 5.91 Å². The molecule has 0 aromatic rings. The smallest absolute Gasteiger partial charge is 0.239 e. The van der Waals surface area contributed by atoms with Crippen molar-refractivity contribution in [1.82, 2.24) is 5.32 Å². The maximum atomic E-state index is 11.1. The Morgan fingerprint density at radius 1 is 1.69 bits per heavy atom. The molecule has 1 rings (SSSR count). The number of hydrogen-bond acceptors (Lipinski definition) is 3. The predicted molar refractivity (Wildman–Crippen MR) is 50.3 cm³/mol. The molecule has 1 unspecified atom stereocenters. The number of primary amides is 1. The molecule has 0 aliphatic heterocycles. The number of likely N-dealkylation sites (N-methyl/N-ethyl adjacent to an activating group) is 1. The van der Waals surface area contributed by atoms with Gasteiger partial charge in [0.25, 0.3) is 0 Å². The molecule has 4 nitrogen and oxygen atoms in total. The van der Waals surface area contributed by atoms with E-state index in [4.69, 9.17) is 10.5 Å². The summed E-state index contributed by atoms with van der Waals surface area (Å²) in [5.74, 6) is -0.366. The summed E-state index contributed by atoms with van der Waals surface area (Å²) in [5.41, 5.74) is 4.52. The van der Waals surface area contributed by atoms with Gasteiger partial charge in [-0.05, 0) is 33.2 Å². The molecular weight excluding hydrogens is 168 g/mol. The summed E-state index contributed by atoms with van der Waals surface area (Å²) >= 11 is 0. The predicted octanol–water partition coefficient (Wildman–Crippen LogP) is 0.0189. The highest BCUT2D eigenvalue weighted by atomic mass is 16.5. The second-order valence-electron chi connectivity index (χ2n) is 3.81. The van der Waals surface area contributed by atoms with Crippen LogP contribution in [0.25, 0.3) is 0 Å². The van der Waals surface area contributed by atoms with E-state index in [2.05, 4.69) is 5.32 Å². The van der Waals surface area contributed by atoms with Crippen molar-refractivity contribution >= 4 is 5.91 Å². The number of carbonyl (C=O) groups excluding carboxylic acids is 1. The minimum atomic E-state index is -0.727. The first kappa shape index (κ1) is 10.5. The van der Waals surface area contributed by atoms with Crippen molar-refractivity contribution in [2.24, 2.45) is 5.73 Å². The molecule has 0 radical (unpaired) electrons. The van der Waals surface area contributed by atoms with Crippen LogP contribution >= 0.6 is 0 Å². The lowest BCUT2D eigenvalue weighted by Crippen LogP contribution is -2.55. The molecule has 0 spiro atoms. The monoisotopic (exact) mass is 186 g/mol. The van der Waals surface area contributed by atoms with Crippen molar-refractivity contribution in [3.05, 3.63) is 0 Å². The highest BCUT2D eigenvalue weighted by Crippen LogP contribution is 2.22. The number of ether oxygens (including phenoxy) is 1. The Morgan fingerprint density at radius 2 is 2.31 bits per heavy atom. The fourth-order valence-electron chi connectivity index (χ4n) is 1.09. The van der Waals surface area contributed by atoms with Gasteiger partial charge < -0.3 is 15.8 Å². The van der Waals surface area contributed by atoms with Gasteiger partial charge in [-0.3, -0.25) is 4.79 Å². The highest BCUT2D eigenvalue weighted by molar-refractivity contribution is 5.84. The van der Waals surface area contributed by atoms with E-state index in [1.165, 1.54) is 6.42 Å². The van der Waals surface area contributed by atoms with E-state index in [0.717, 1.165) is 12.8 Å². The normalized spacial score (nSPS) is 22.0. The summed E-state index contributed by atoms with van der Waals surface area (Å²) in [4.78, 5) is 11.1. The molecule has 76 valence electrons. The second kappa shape index (κ2) is 4.07. The SMILES string of the molecule is CNC(C)(COC1CCC1)C(N)=O. The topological polar surface area (TPSA) is 64.3 Å². The van der Waals surface area contributed by atoms with Crippen LogP contribution in [0.15, 0.2) is 0 Å². The van der Waals surface area contributed by atoms with Gasteiger partial charge in [-0.25, -0.2) is 0 Å². The summed E-state index contributed by atoms with van der Waals surface area (Å²) in [6, 6.07) is 0. The van der Waals surface area contributed by atoms with Crippen LogP contribution in [0.3, 0.4) is 0 Å². The molecule has 0 aromatic carbocycles. The van der Waals surface area contributed by atoms with Gasteiger partial charge in [-0.2, -0.15) is 0 Å². The average Bonchev–Trinajstić information content (AvgIpc) is 2.01.